The Balaban J connectivity index is 3.60. The smallest absolute Gasteiger partial charge is 0.407 e. The molecule has 2 N–H and O–H groups in total. The molecule has 5 nitrogen and oxygen atoms in total. The molecule has 0 rings (SSSR count). The molecule has 0 aromatic carbocycles. The second kappa shape index (κ2) is 30.1. The van der Waals surface area contributed by atoms with Crippen molar-refractivity contribution in [1.29, 1.82) is 0 Å². The monoisotopic (exact) mass is 586 g/mol. The first-order chi connectivity index (χ1) is 19.9. The van der Waals surface area contributed by atoms with E-state index in [1.807, 2.05) is 0 Å². The molecule has 6 heteroatoms. The third-order valence-electron chi connectivity index (χ3n) is 8.55. The summed E-state index contributed by atoms with van der Waals surface area (Å²) in [6.07, 6.45) is 26.7. The number of alkyl carbamates (subject to hydrolysis) is 1. The molecule has 0 aliphatic heterocycles. The average Bonchev–Trinajstić information content (AvgIpc) is 2.95. The van der Waals surface area contributed by atoms with Gasteiger partial charge in [0.05, 0.1) is 12.5 Å². The molecule has 0 bridgehead atoms. The molecule has 244 valence electrons. The van der Waals surface area contributed by atoms with Gasteiger partial charge in [0.15, 0.2) is 0 Å². The molecular formula is C35H68FNO4. The Bertz CT molecular complexity index is 589. The minimum atomic E-state index is -1.04. The lowest BCUT2D eigenvalue weighted by Crippen LogP contribution is -2.28. The zero-order valence-corrected chi connectivity index (χ0v) is 27.4. The second-order valence-corrected chi connectivity index (χ2v) is 12.4. The lowest BCUT2D eigenvalue weighted by molar-refractivity contribution is -0.144. The summed E-state index contributed by atoms with van der Waals surface area (Å²) < 4.78 is 19.9. The van der Waals surface area contributed by atoms with Crippen LogP contribution in [0.25, 0.3) is 0 Å². The fraction of sp³-hybridized carbons (Fsp3) is 0.943. The number of carbonyl (C=O) groups is 2. The van der Waals surface area contributed by atoms with Crippen molar-refractivity contribution in [1.82, 2.24) is 5.32 Å². The number of amides is 1. The van der Waals surface area contributed by atoms with Crippen LogP contribution in [0.4, 0.5) is 9.18 Å². The number of carboxylic acid groups (broad SMARTS) is 1. The number of aliphatic carboxylic acids is 1. The molecule has 3 unspecified atom stereocenters. The van der Waals surface area contributed by atoms with E-state index in [9.17, 15) is 19.1 Å². The molecule has 0 aromatic heterocycles. The third kappa shape index (κ3) is 26.1. The molecule has 0 spiro atoms. The van der Waals surface area contributed by atoms with Crippen molar-refractivity contribution in [3.63, 3.8) is 0 Å². The lowest BCUT2D eigenvalue weighted by atomic mass is 9.84. The van der Waals surface area contributed by atoms with Crippen LogP contribution in [0.15, 0.2) is 0 Å². The molecule has 0 aromatic rings. The number of hydrogen-bond acceptors (Lipinski definition) is 3. The van der Waals surface area contributed by atoms with Crippen LogP contribution in [0.1, 0.15) is 181 Å². The first-order valence-corrected chi connectivity index (χ1v) is 17.7. The first-order valence-electron chi connectivity index (χ1n) is 17.7. The molecule has 0 heterocycles. The van der Waals surface area contributed by atoms with E-state index in [1.165, 1.54) is 83.5 Å². The van der Waals surface area contributed by atoms with Crippen LogP contribution in [0.3, 0.4) is 0 Å². The number of rotatable bonds is 31. The Hall–Kier alpha value is -1.33. The highest BCUT2D eigenvalue weighted by atomic mass is 19.1. The van der Waals surface area contributed by atoms with Gasteiger partial charge in [0.2, 0.25) is 0 Å². The van der Waals surface area contributed by atoms with E-state index in [0.717, 1.165) is 64.2 Å². The van der Waals surface area contributed by atoms with Crippen molar-refractivity contribution in [3.8, 4) is 0 Å². The molecule has 0 radical (unpaired) electrons. The van der Waals surface area contributed by atoms with Gasteiger partial charge < -0.3 is 15.2 Å². The fourth-order valence-electron chi connectivity index (χ4n) is 5.61. The van der Waals surface area contributed by atoms with Gasteiger partial charge in [-0.05, 0) is 25.7 Å². The average molecular weight is 586 g/mol. The second-order valence-electron chi connectivity index (χ2n) is 12.4. The maximum atomic E-state index is 14.6. The van der Waals surface area contributed by atoms with Crippen LogP contribution in [0.5, 0.6) is 0 Å². The van der Waals surface area contributed by atoms with Gasteiger partial charge in [0.1, 0.15) is 6.17 Å². The number of nitrogens with one attached hydrogen (secondary N) is 1. The normalized spacial score (nSPS) is 13.6. The van der Waals surface area contributed by atoms with E-state index in [-0.39, 0.29) is 6.09 Å². The fourth-order valence-corrected chi connectivity index (χ4v) is 5.61. The quantitative estimate of drug-likeness (QED) is 0.0793. The minimum absolute atomic E-state index is 0.344. The molecule has 41 heavy (non-hydrogen) atoms. The first kappa shape index (κ1) is 39.7. The Morgan fingerprint density at radius 3 is 1.54 bits per heavy atom. The summed E-state index contributed by atoms with van der Waals surface area (Å²) in [7, 11) is 0. The Morgan fingerprint density at radius 2 is 1.05 bits per heavy atom. The zero-order chi connectivity index (χ0) is 30.4. The van der Waals surface area contributed by atoms with Crippen LogP contribution >= 0.6 is 0 Å². The topological polar surface area (TPSA) is 75.6 Å². The summed E-state index contributed by atoms with van der Waals surface area (Å²) in [6, 6.07) is 0. The van der Waals surface area contributed by atoms with Crippen LogP contribution in [0, 0.1) is 11.8 Å². The summed E-state index contributed by atoms with van der Waals surface area (Å²) in [6.45, 7) is 7.23. The van der Waals surface area contributed by atoms with Gasteiger partial charge in [-0.1, -0.05) is 156 Å². The van der Waals surface area contributed by atoms with E-state index in [2.05, 4.69) is 19.2 Å². The van der Waals surface area contributed by atoms with E-state index in [4.69, 9.17) is 4.74 Å². The van der Waals surface area contributed by atoms with Crippen LogP contribution in [0.2, 0.25) is 0 Å². The maximum absolute atomic E-state index is 14.6. The van der Waals surface area contributed by atoms with Gasteiger partial charge in [0.25, 0.3) is 0 Å². The van der Waals surface area contributed by atoms with Crippen molar-refractivity contribution in [2.75, 3.05) is 13.2 Å². The Kier molecular flexibility index (Phi) is 29.2. The van der Waals surface area contributed by atoms with E-state index >= 15 is 0 Å². The summed E-state index contributed by atoms with van der Waals surface area (Å²) in [4.78, 5) is 23.6. The predicted molar refractivity (Wildman–Crippen MR) is 171 cm³/mol. The van der Waals surface area contributed by atoms with Crippen LogP contribution in [-0.2, 0) is 9.53 Å². The molecule has 3 atom stereocenters. The zero-order valence-electron chi connectivity index (χ0n) is 27.4. The number of hydrogen-bond donors (Lipinski definition) is 2. The molecule has 0 saturated heterocycles. The number of carboxylic acids is 1. The standard InChI is InChI=1S/C35H68FNO4/c1-4-6-8-10-11-12-13-14-15-16-17-18-22-26-30-41-35(40)37-29-25-21-20-23-27-32(34(38)39)31(3)33(36)28-24-19-9-7-5-2/h31-33H,4-30H2,1-3H3,(H,37,40)(H,38,39). The maximum Gasteiger partial charge on any atom is 0.407 e. The third-order valence-corrected chi connectivity index (χ3v) is 8.55. The van der Waals surface area contributed by atoms with Crippen molar-refractivity contribution >= 4 is 12.1 Å². The number of ether oxygens (including phenoxy) is 1. The predicted octanol–water partition coefficient (Wildman–Crippen LogP) is 11.2. The molecule has 0 aliphatic carbocycles. The van der Waals surface area contributed by atoms with E-state index < -0.39 is 24.0 Å². The molecule has 0 fully saturated rings. The highest BCUT2D eigenvalue weighted by Gasteiger charge is 2.30. The van der Waals surface area contributed by atoms with Gasteiger partial charge >= 0.3 is 12.1 Å². The van der Waals surface area contributed by atoms with Crippen molar-refractivity contribution in [2.24, 2.45) is 11.8 Å². The summed E-state index contributed by atoms with van der Waals surface area (Å²) in [5, 5.41) is 12.4. The number of carbonyl (C=O) groups excluding carboxylic acids is 1. The highest BCUT2D eigenvalue weighted by molar-refractivity contribution is 5.70. The Labute approximate surface area is 253 Å². The highest BCUT2D eigenvalue weighted by Crippen LogP contribution is 2.27. The van der Waals surface area contributed by atoms with Gasteiger partial charge in [-0.2, -0.15) is 0 Å². The molecule has 0 aliphatic rings. The van der Waals surface area contributed by atoms with Crippen LogP contribution < -0.4 is 5.32 Å². The van der Waals surface area contributed by atoms with Gasteiger partial charge in [0, 0.05) is 12.5 Å². The van der Waals surface area contributed by atoms with Gasteiger partial charge in [-0.3, -0.25) is 4.79 Å². The lowest BCUT2D eigenvalue weighted by Gasteiger charge is -2.23. The SMILES string of the molecule is CCCCCCCCCCCCCCCCOC(=O)NCCCCCCC(C(=O)O)C(C)C(F)CCCCCCC. The number of alkyl halides is 1. The van der Waals surface area contributed by atoms with E-state index in [0.29, 0.717) is 26.0 Å². The van der Waals surface area contributed by atoms with Crippen molar-refractivity contribution < 1.29 is 23.8 Å². The van der Waals surface area contributed by atoms with Crippen molar-refractivity contribution in [3.05, 3.63) is 0 Å². The van der Waals surface area contributed by atoms with Gasteiger partial charge in [-0.15, -0.1) is 0 Å². The summed E-state index contributed by atoms with van der Waals surface area (Å²) in [5.41, 5.74) is 0. The van der Waals surface area contributed by atoms with Crippen LogP contribution in [-0.4, -0.2) is 36.5 Å². The molecular weight excluding hydrogens is 517 g/mol. The van der Waals surface area contributed by atoms with E-state index in [1.54, 1.807) is 6.92 Å². The molecule has 0 saturated carbocycles. The number of halogens is 1. The summed E-state index contributed by atoms with van der Waals surface area (Å²) >= 11 is 0. The number of unbranched alkanes of at least 4 members (excludes halogenated alkanes) is 20. The minimum Gasteiger partial charge on any atom is -0.481 e. The van der Waals surface area contributed by atoms with Crippen molar-refractivity contribution in [2.45, 2.75) is 187 Å². The van der Waals surface area contributed by atoms with Gasteiger partial charge in [-0.25, -0.2) is 9.18 Å². The molecule has 1 amide bonds. The Morgan fingerprint density at radius 1 is 0.634 bits per heavy atom. The summed E-state index contributed by atoms with van der Waals surface area (Å²) in [5.74, 6) is -1.95. The largest absolute Gasteiger partial charge is 0.481 e.